The third kappa shape index (κ3) is 6.03. The lowest BCUT2D eigenvalue weighted by molar-refractivity contribution is -0.119. The first-order valence-electron chi connectivity index (χ1n) is 16.6. The van der Waals surface area contributed by atoms with Crippen molar-refractivity contribution in [3.05, 3.63) is 96.7 Å². The minimum absolute atomic E-state index is 0.150. The summed E-state index contributed by atoms with van der Waals surface area (Å²) >= 11 is 14.0. The predicted molar refractivity (Wildman–Crippen MR) is 197 cm³/mol. The molecule has 8 rings (SSSR count). The van der Waals surface area contributed by atoms with Gasteiger partial charge in [-0.15, -0.1) is 0 Å². The van der Waals surface area contributed by atoms with Gasteiger partial charge in [0.1, 0.15) is 11.2 Å². The SMILES string of the molecule is COc1nc(-c2cccc(-c3cccc(Nc4nccc5c4c(=O)n(C)c(=O)n5C)c3Cl)c2Cl)cc2c1CCC2.O=C1CCC2(CCNC2)N1. The van der Waals surface area contributed by atoms with Crippen LogP contribution in [0.15, 0.2) is 64.3 Å². The minimum atomic E-state index is -0.450. The van der Waals surface area contributed by atoms with Gasteiger partial charge in [0.2, 0.25) is 11.8 Å². The molecule has 0 radical (unpaired) electrons. The molecular weight excluding hydrogens is 677 g/mol. The molecule has 0 bridgehead atoms. The van der Waals surface area contributed by atoms with Crippen molar-refractivity contribution in [2.45, 2.75) is 44.1 Å². The molecular formula is C37H37Cl2N7O4. The molecule has 258 valence electrons. The molecule has 5 heterocycles. The molecule has 11 nitrogen and oxygen atoms in total. The number of carbonyl (C=O) groups is 1. The zero-order chi connectivity index (χ0) is 35.2. The van der Waals surface area contributed by atoms with Crippen LogP contribution in [0.4, 0.5) is 11.5 Å². The number of hydrogen-bond acceptors (Lipinski definition) is 8. The van der Waals surface area contributed by atoms with Crippen LogP contribution in [0, 0.1) is 0 Å². The summed E-state index contributed by atoms with van der Waals surface area (Å²) in [6.45, 7) is 2.03. The molecule has 3 aromatic heterocycles. The van der Waals surface area contributed by atoms with Crippen LogP contribution in [0.5, 0.6) is 5.88 Å². The second kappa shape index (κ2) is 13.5. The third-order valence-electron chi connectivity index (χ3n) is 9.92. The van der Waals surface area contributed by atoms with Crippen molar-refractivity contribution >= 4 is 51.5 Å². The van der Waals surface area contributed by atoms with E-state index in [2.05, 4.69) is 27.0 Å². The molecule has 2 aliphatic heterocycles. The first kappa shape index (κ1) is 33.8. The van der Waals surface area contributed by atoms with E-state index in [1.165, 1.54) is 17.2 Å². The fraction of sp³-hybridized carbons (Fsp3) is 0.324. The maximum atomic E-state index is 13.0. The van der Waals surface area contributed by atoms with Crippen LogP contribution in [0.3, 0.4) is 0 Å². The van der Waals surface area contributed by atoms with E-state index in [-0.39, 0.29) is 16.8 Å². The molecule has 1 atom stereocenters. The maximum absolute atomic E-state index is 13.0. The van der Waals surface area contributed by atoms with E-state index in [0.29, 0.717) is 38.5 Å². The number of nitrogens with one attached hydrogen (secondary N) is 3. The van der Waals surface area contributed by atoms with Gasteiger partial charge in [-0.3, -0.25) is 18.7 Å². The number of aromatic nitrogens is 4. The normalized spacial score (nSPS) is 17.8. The summed E-state index contributed by atoms with van der Waals surface area (Å²) in [4.78, 5) is 45.5. The Morgan fingerprint density at radius 3 is 2.40 bits per heavy atom. The molecule has 1 aliphatic carbocycles. The molecule has 3 N–H and O–H groups in total. The second-order valence-corrected chi connectivity index (χ2v) is 13.7. The molecule has 3 aliphatic rings. The highest BCUT2D eigenvalue weighted by Gasteiger charge is 2.39. The number of methoxy groups -OCH3 is 1. The topological polar surface area (TPSA) is 132 Å². The number of amides is 1. The van der Waals surface area contributed by atoms with Crippen molar-refractivity contribution in [2.24, 2.45) is 14.1 Å². The fourth-order valence-electron chi connectivity index (χ4n) is 7.21. The second-order valence-electron chi connectivity index (χ2n) is 13.0. The number of halogens is 2. The fourth-order valence-corrected chi connectivity index (χ4v) is 7.81. The molecule has 5 aromatic rings. The zero-order valence-electron chi connectivity index (χ0n) is 28.0. The molecule has 2 saturated heterocycles. The first-order chi connectivity index (χ1) is 24.1. The Morgan fingerprint density at radius 2 is 1.68 bits per heavy atom. The average molecular weight is 715 g/mol. The summed E-state index contributed by atoms with van der Waals surface area (Å²) in [5.74, 6) is 1.16. The Labute approximate surface area is 298 Å². The van der Waals surface area contributed by atoms with Crippen LogP contribution in [-0.4, -0.2) is 50.7 Å². The van der Waals surface area contributed by atoms with Gasteiger partial charge < -0.3 is 20.7 Å². The summed E-state index contributed by atoms with van der Waals surface area (Å²) < 4.78 is 8.06. The molecule has 0 saturated carbocycles. The highest BCUT2D eigenvalue weighted by Crippen LogP contribution is 2.43. The Hall–Kier alpha value is -4.71. The van der Waals surface area contributed by atoms with E-state index in [9.17, 15) is 14.4 Å². The quantitative estimate of drug-likeness (QED) is 0.217. The summed E-state index contributed by atoms with van der Waals surface area (Å²) in [7, 11) is 4.69. The van der Waals surface area contributed by atoms with Crippen molar-refractivity contribution in [2.75, 3.05) is 25.5 Å². The van der Waals surface area contributed by atoms with Gasteiger partial charge in [-0.05, 0) is 62.4 Å². The Morgan fingerprint density at radius 1 is 0.920 bits per heavy atom. The van der Waals surface area contributed by atoms with Gasteiger partial charge in [-0.25, -0.2) is 14.8 Å². The number of anilines is 2. The molecule has 2 fully saturated rings. The van der Waals surface area contributed by atoms with Gasteiger partial charge >= 0.3 is 5.69 Å². The number of ether oxygens (including phenoxy) is 1. The van der Waals surface area contributed by atoms with E-state index in [0.717, 1.165) is 78.6 Å². The Balaban J connectivity index is 0.000000334. The summed E-state index contributed by atoms with van der Waals surface area (Å²) in [6, 6.07) is 15.0. The zero-order valence-corrected chi connectivity index (χ0v) is 29.5. The van der Waals surface area contributed by atoms with Gasteiger partial charge in [0.05, 0.1) is 39.6 Å². The van der Waals surface area contributed by atoms with Crippen molar-refractivity contribution in [1.29, 1.82) is 0 Å². The monoisotopic (exact) mass is 713 g/mol. The molecule has 13 heteroatoms. The van der Waals surface area contributed by atoms with E-state index >= 15 is 0 Å². The lowest BCUT2D eigenvalue weighted by Gasteiger charge is -2.20. The Kier molecular flexibility index (Phi) is 9.15. The lowest BCUT2D eigenvalue weighted by Crippen LogP contribution is -2.43. The van der Waals surface area contributed by atoms with Crippen LogP contribution >= 0.6 is 23.2 Å². The molecule has 1 spiro atoms. The van der Waals surface area contributed by atoms with Gasteiger partial charge in [-0.1, -0.05) is 53.5 Å². The standard InChI is InChI=1S/C30H25Cl2N5O3.C7H12N2O/c1-36-23-13-14-33-27(24(23)29(38)37(2)30(36)39)34-21-12-6-10-19(26(21)32)18-9-5-11-20(25(18)31)22-15-16-7-4-8-17(16)28(35-22)40-3;10-6-1-2-7(9-6)3-4-8-5-7/h5-6,9-15H,4,7-8H2,1-3H3,(H,33,34);8H,1-5H2,(H,9,10). The van der Waals surface area contributed by atoms with Crippen molar-refractivity contribution in [1.82, 2.24) is 29.7 Å². The van der Waals surface area contributed by atoms with Crippen LogP contribution in [0.2, 0.25) is 10.0 Å². The van der Waals surface area contributed by atoms with Crippen LogP contribution in [-0.2, 0) is 31.7 Å². The van der Waals surface area contributed by atoms with E-state index in [1.807, 2.05) is 30.3 Å². The number of hydrogen-bond donors (Lipinski definition) is 3. The highest BCUT2D eigenvalue weighted by atomic mass is 35.5. The number of fused-ring (bicyclic) bond motifs is 2. The summed E-state index contributed by atoms with van der Waals surface area (Å²) in [6.07, 6.45) is 7.42. The number of rotatable bonds is 5. The number of pyridine rings is 2. The van der Waals surface area contributed by atoms with Crippen molar-refractivity contribution in [3.8, 4) is 28.3 Å². The minimum Gasteiger partial charge on any atom is -0.481 e. The summed E-state index contributed by atoms with van der Waals surface area (Å²) in [5, 5.41) is 10.7. The van der Waals surface area contributed by atoms with Crippen LogP contribution in [0.25, 0.3) is 33.3 Å². The molecule has 1 unspecified atom stereocenters. The van der Waals surface area contributed by atoms with Gasteiger partial charge in [0.15, 0.2) is 0 Å². The van der Waals surface area contributed by atoms with E-state index in [4.69, 9.17) is 32.9 Å². The lowest BCUT2D eigenvalue weighted by atomic mass is 9.97. The van der Waals surface area contributed by atoms with Crippen LogP contribution in [0.1, 0.15) is 36.8 Å². The van der Waals surface area contributed by atoms with Crippen LogP contribution < -0.4 is 31.9 Å². The largest absolute Gasteiger partial charge is 0.481 e. The summed E-state index contributed by atoms with van der Waals surface area (Å²) in [5.41, 5.74) is 5.64. The maximum Gasteiger partial charge on any atom is 0.330 e. The predicted octanol–water partition coefficient (Wildman–Crippen LogP) is 5.54. The van der Waals surface area contributed by atoms with Crippen molar-refractivity contribution in [3.63, 3.8) is 0 Å². The smallest absolute Gasteiger partial charge is 0.330 e. The third-order valence-corrected chi connectivity index (χ3v) is 10.7. The number of benzene rings is 2. The average Bonchev–Trinajstić information content (AvgIpc) is 3.89. The van der Waals surface area contributed by atoms with E-state index < -0.39 is 11.2 Å². The first-order valence-corrected chi connectivity index (χ1v) is 17.3. The van der Waals surface area contributed by atoms with Gasteiger partial charge in [-0.2, -0.15) is 0 Å². The molecule has 1 amide bonds. The van der Waals surface area contributed by atoms with Gasteiger partial charge in [0, 0.05) is 55.5 Å². The van der Waals surface area contributed by atoms with E-state index in [1.54, 1.807) is 32.5 Å². The number of aryl methyl sites for hydroxylation is 2. The number of carbonyl (C=O) groups excluding carboxylic acids is 1. The van der Waals surface area contributed by atoms with Crippen molar-refractivity contribution < 1.29 is 9.53 Å². The highest BCUT2D eigenvalue weighted by molar-refractivity contribution is 6.39. The Bertz CT molecular complexity index is 2280. The number of nitrogens with zero attached hydrogens (tertiary/aromatic N) is 4. The van der Waals surface area contributed by atoms with Gasteiger partial charge in [0.25, 0.3) is 5.56 Å². The molecule has 2 aromatic carbocycles. The molecule has 50 heavy (non-hydrogen) atoms.